The lowest BCUT2D eigenvalue weighted by molar-refractivity contribution is -0.138. The first-order valence-electron chi connectivity index (χ1n) is 12.4. The summed E-state index contributed by atoms with van der Waals surface area (Å²) in [6.45, 7) is 2.55. The summed E-state index contributed by atoms with van der Waals surface area (Å²) in [6.07, 6.45) is 1.75. The molecule has 3 atom stereocenters. The summed E-state index contributed by atoms with van der Waals surface area (Å²) in [6, 6.07) is 4.33. The molecule has 3 fully saturated rings. The molecule has 4 heterocycles. The fourth-order valence-corrected chi connectivity index (χ4v) is 7.05. The Hall–Kier alpha value is -2.44. The number of ketones is 1. The Labute approximate surface area is 230 Å². The van der Waals surface area contributed by atoms with Gasteiger partial charge in [0.15, 0.2) is 5.78 Å². The molecule has 3 aliphatic rings. The molecule has 3 unspecified atom stereocenters. The van der Waals surface area contributed by atoms with Crippen LogP contribution in [0.15, 0.2) is 33.8 Å². The van der Waals surface area contributed by atoms with Gasteiger partial charge in [-0.1, -0.05) is 29.3 Å². The summed E-state index contributed by atoms with van der Waals surface area (Å²) in [5, 5.41) is 3.06. The molecule has 0 saturated carbocycles. The summed E-state index contributed by atoms with van der Waals surface area (Å²) in [5.74, 6) is -1.18. The number of aryl methyl sites for hydroxylation is 1. The first kappa shape index (κ1) is 27.1. The number of likely N-dealkylation sites (tertiary alicyclic amines) is 1. The van der Waals surface area contributed by atoms with Crippen LogP contribution in [0.2, 0.25) is 10.0 Å². The number of benzene rings is 1. The molecule has 13 heteroatoms. The number of nitrogens with one attached hydrogen (secondary N) is 1. The van der Waals surface area contributed by atoms with Crippen molar-refractivity contribution < 1.29 is 32.0 Å². The third-order valence-corrected chi connectivity index (χ3v) is 9.72. The number of carbonyl (C=O) groups is 3. The normalized spacial score (nSPS) is 22.6. The molecular weight excluding hydrogens is 557 g/mol. The van der Waals surface area contributed by atoms with Crippen LogP contribution in [0, 0.1) is 6.92 Å². The molecule has 3 saturated heterocycles. The van der Waals surface area contributed by atoms with Gasteiger partial charge in [-0.05, 0) is 43.9 Å². The standard InChI is InChI=1S/C25H27Cl2N3O7S/c1-14-16(12-22(37-14)38(34,35)29-7-2-3-8-29)24(32)28-19(11-15-4-5-17(26)18(27)10-15)25(33)30-9-6-21-23(30)20(31)13-36-21/h4-5,10,12,19,21,23H,2-3,6-9,11,13H2,1H3,(H,28,32). The maximum Gasteiger partial charge on any atom is 0.276 e. The maximum atomic E-state index is 13.7. The highest BCUT2D eigenvalue weighted by Crippen LogP contribution is 2.29. The van der Waals surface area contributed by atoms with E-state index in [-0.39, 0.29) is 41.3 Å². The van der Waals surface area contributed by atoms with Gasteiger partial charge in [-0.3, -0.25) is 14.4 Å². The number of Topliss-reactive ketones (excluding diaryl/α,β-unsaturated/α-hetero) is 1. The molecule has 0 radical (unpaired) electrons. The van der Waals surface area contributed by atoms with Crippen LogP contribution in [-0.4, -0.2) is 79.6 Å². The molecule has 1 N–H and O–H groups in total. The first-order valence-corrected chi connectivity index (χ1v) is 14.6. The smallest absolute Gasteiger partial charge is 0.276 e. The number of sulfonamides is 1. The average Bonchev–Trinajstić information content (AvgIpc) is 3.67. The second kappa shape index (κ2) is 10.6. The van der Waals surface area contributed by atoms with E-state index in [1.54, 1.807) is 18.2 Å². The molecule has 1 aromatic heterocycles. The Morgan fingerprint density at radius 3 is 2.58 bits per heavy atom. The quantitative estimate of drug-likeness (QED) is 0.530. The van der Waals surface area contributed by atoms with Crippen molar-refractivity contribution in [2.45, 2.75) is 55.9 Å². The Kier molecular flexibility index (Phi) is 7.58. The molecule has 1 aromatic carbocycles. The summed E-state index contributed by atoms with van der Waals surface area (Å²) in [5.41, 5.74) is 0.651. The molecule has 2 aromatic rings. The summed E-state index contributed by atoms with van der Waals surface area (Å²) >= 11 is 12.2. The number of carbonyl (C=O) groups excluding carboxylic acids is 3. The van der Waals surface area contributed by atoms with Crippen LogP contribution in [0.4, 0.5) is 0 Å². The highest BCUT2D eigenvalue weighted by Gasteiger charge is 2.48. The van der Waals surface area contributed by atoms with E-state index < -0.39 is 33.9 Å². The molecule has 3 aliphatic heterocycles. The summed E-state index contributed by atoms with van der Waals surface area (Å²) in [4.78, 5) is 40.9. The molecule has 2 amide bonds. The van der Waals surface area contributed by atoms with E-state index in [1.165, 1.54) is 22.2 Å². The summed E-state index contributed by atoms with van der Waals surface area (Å²) in [7, 11) is -3.87. The van der Waals surface area contributed by atoms with Gasteiger partial charge in [0, 0.05) is 32.1 Å². The van der Waals surface area contributed by atoms with Gasteiger partial charge in [-0.25, -0.2) is 8.42 Å². The minimum Gasteiger partial charge on any atom is -0.448 e. The van der Waals surface area contributed by atoms with Crippen LogP contribution in [0.25, 0.3) is 0 Å². The van der Waals surface area contributed by atoms with Gasteiger partial charge in [0.1, 0.15) is 24.5 Å². The Morgan fingerprint density at radius 1 is 1.13 bits per heavy atom. The number of hydrogen-bond acceptors (Lipinski definition) is 7. The third-order valence-electron chi connectivity index (χ3n) is 7.22. The zero-order chi connectivity index (χ0) is 27.2. The predicted octanol–water partition coefficient (Wildman–Crippen LogP) is 2.59. The van der Waals surface area contributed by atoms with E-state index in [1.807, 2.05) is 0 Å². The number of fused-ring (bicyclic) bond motifs is 1. The van der Waals surface area contributed by atoms with Crippen LogP contribution >= 0.6 is 23.2 Å². The zero-order valence-electron chi connectivity index (χ0n) is 20.6. The number of nitrogens with zero attached hydrogens (tertiary/aromatic N) is 2. The maximum absolute atomic E-state index is 13.7. The van der Waals surface area contributed by atoms with Gasteiger partial charge in [0.2, 0.25) is 11.0 Å². The van der Waals surface area contributed by atoms with E-state index in [9.17, 15) is 22.8 Å². The number of halogens is 2. The number of hydrogen-bond donors (Lipinski definition) is 1. The number of amides is 2. The fourth-order valence-electron chi connectivity index (χ4n) is 5.24. The fraction of sp³-hybridized carbons (Fsp3) is 0.480. The van der Waals surface area contributed by atoms with Crippen molar-refractivity contribution in [2.75, 3.05) is 26.2 Å². The van der Waals surface area contributed by atoms with Crippen molar-refractivity contribution in [3.05, 3.63) is 51.2 Å². The zero-order valence-corrected chi connectivity index (χ0v) is 22.9. The molecule has 5 rings (SSSR count). The van der Waals surface area contributed by atoms with Crippen LogP contribution in [0.3, 0.4) is 0 Å². The topological polar surface area (TPSA) is 126 Å². The lowest BCUT2D eigenvalue weighted by Crippen LogP contribution is -2.53. The van der Waals surface area contributed by atoms with E-state index in [2.05, 4.69) is 5.32 Å². The van der Waals surface area contributed by atoms with E-state index in [0.29, 0.717) is 41.7 Å². The minimum atomic E-state index is -3.87. The number of furan rings is 1. The molecule has 0 bridgehead atoms. The van der Waals surface area contributed by atoms with E-state index in [0.717, 1.165) is 12.8 Å². The van der Waals surface area contributed by atoms with Gasteiger partial charge in [-0.2, -0.15) is 4.31 Å². The van der Waals surface area contributed by atoms with Crippen molar-refractivity contribution in [2.24, 2.45) is 0 Å². The Morgan fingerprint density at radius 2 is 1.87 bits per heavy atom. The number of rotatable bonds is 7. The van der Waals surface area contributed by atoms with E-state index in [4.69, 9.17) is 32.4 Å². The van der Waals surface area contributed by atoms with Gasteiger partial charge >= 0.3 is 0 Å². The van der Waals surface area contributed by atoms with Crippen LogP contribution in [0.1, 0.15) is 40.9 Å². The minimum absolute atomic E-state index is 0.00860. The monoisotopic (exact) mass is 583 g/mol. The lowest BCUT2D eigenvalue weighted by atomic mass is 10.0. The highest BCUT2D eigenvalue weighted by molar-refractivity contribution is 7.89. The van der Waals surface area contributed by atoms with Crippen LogP contribution in [-0.2, 0) is 30.8 Å². The van der Waals surface area contributed by atoms with E-state index >= 15 is 0 Å². The van der Waals surface area contributed by atoms with Crippen molar-refractivity contribution in [3.8, 4) is 0 Å². The van der Waals surface area contributed by atoms with Gasteiger partial charge < -0.3 is 19.4 Å². The SMILES string of the molecule is Cc1oc(S(=O)(=O)N2CCCC2)cc1C(=O)NC(Cc1ccc(Cl)c(Cl)c1)C(=O)N1CCC2OCC(=O)C21. The first-order chi connectivity index (χ1) is 18.1. The lowest BCUT2D eigenvalue weighted by Gasteiger charge is -2.27. The van der Waals surface area contributed by atoms with Crippen LogP contribution in [0.5, 0.6) is 0 Å². The Balaban J connectivity index is 1.41. The molecule has 0 aliphatic carbocycles. The molecule has 204 valence electrons. The molecular formula is C25H27Cl2N3O7S. The van der Waals surface area contributed by atoms with Crippen molar-refractivity contribution in [3.63, 3.8) is 0 Å². The Bertz CT molecular complexity index is 1390. The molecule has 10 nitrogen and oxygen atoms in total. The van der Waals surface area contributed by atoms with Gasteiger partial charge in [0.25, 0.3) is 15.9 Å². The number of ether oxygens (including phenoxy) is 1. The molecule has 0 spiro atoms. The van der Waals surface area contributed by atoms with Crippen LogP contribution < -0.4 is 5.32 Å². The second-order valence-corrected chi connectivity index (χ2v) is 12.4. The second-order valence-electron chi connectivity index (χ2n) is 9.71. The van der Waals surface area contributed by atoms with Crippen molar-refractivity contribution in [1.29, 1.82) is 0 Å². The molecule has 38 heavy (non-hydrogen) atoms. The van der Waals surface area contributed by atoms with Crippen molar-refractivity contribution >= 4 is 50.8 Å². The largest absolute Gasteiger partial charge is 0.448 e. The summed E-state index contributed by atoms with van der Waals surface area (Å²) < 4.78 is 38.2. The third kappa shape index (κ3) is 5.10. The van der Waals surface area contributed by atoms with Crippen molar-refractivity contribution in [1.82, 2.24) is 14.5 Å². The van der Waals surface area contributed by atoms with Gasteiger partial charge in [0.05, 0.1) is 21.7 Å². The average molecular weight is 584 g/mol. The van der Waals surface area contributed by atoms with Gasteiger partial charge in [-0.15, -0.1) is 0 Å². The predicted molar refractivity (Wildman–Crippen MR) is 138 cm³/mol. The highest BCUT2D eigenvalue weighted by atomic mass is 35.5.